The Morgan fingerprint density at radius 1 is 1.27 bits per heavy atom. The molecule has 1 saturated heterocycles. The van der Waals surface area contributed by atoms with Crippen molar-refractivity contribution in [1.29, 1.82) is 0 Å². The highest BCUT2D eigenvalue weighted by molar-refractivity contribution is 5.86. The summed E-state index contributed by atoms with van der Waals surface area (Å²) in [6, 6.07) is 8.32. The molecule has 1 heterocycles. The third kappa shape index (κ3) is 5.54. The molecule has 1 aliphatic heterocycles. The summed E-state index contributed by atoms with van der Waals surface area (Å²) in [4.78, 5) is 25.4. The second kappa shape index (κ2) is 9.14. The summed E-state index contributed by atoms with van der Waals surface area (Å²) in [7, 11) is 0. The first-order valence-corrected chi connectivity index (χ1v) is 9.37. The first-order chi connectivity index (χ1) is 12.3. The van der Waals surface area contributed by atoms with E-state index in [1.807, 2.05) is 0 Å². The average Bonchev–Trinajstić information content (AvgIpc) is 2.59. The van der Waals surface area contributed by atoms with Gasteiger partial charge in [-0.2, -0.15) is 0 Å². The van der Waals surface area contributed by atoms with E-state index >= 15 is 0 Å². The lowest BCUT2D eigenvalue weighted by Crippen LogP contribution is -2.58. The summed E-state index contributed by atoms with van der Waals surface area (Å²) in [5, 5.41) is 16.5. The molecule has 6 heteroatoms. The number of benzene rings is 1. The minimum atomic E-state index is -1.37. The van der Waals surface area contributed by atoms with Gasteiger partial charge in [0.25, 0.3) is 5.91 Å². The fraction of sp³-hybridized carbons (Fsp3) is 0.600. The standard InChI is InChI=1S/C20H31N3O3/c1-15(2)18-7-5-17(6-8-18)13-23-12-4-9-20(26,19(23)25)14-21-10-11-22-16(3)24/h5-8,15,21,26H,4,9-14H2,1-3H3,(H,22,24)/t20-/m0/s1. The van der Waals surface area contributed by atoms with E-state index in [0.717, 1.165) is 12.0 Å². The van der Waals surface area contributed by atoms with Gasteiger partial charge in [0, 0.05) is 39.6 Å². The normalized spacial score (nSPS) is 20.5. The number of hydrogen-bond acceptors (Lipinski definition) is 4. The van der Waals surface area contributed by atoms with Crippen LogP contribution in [0.3, 0.4) is 0 Å². The molecule has 1 fully saturated rings. The Balaban J connectivity index is 1.90. The van der Waals surface area contributed by atoms with Crippen LogP contribution < -0.4 is 10.6 Å². The van der Waals surface area contributed by atoms with Crippen LogP contribution in [0.25, 0.3) is 0 Å². The van der Waals surface area contributed by atoms with Crippen molar-refractivity contribution in [3.63, 3.8) is 0 Å². The number of rotatable bonds is 8. The monoisotopic (exact) mass is 361 g/mol. The average molecular weight is 361 g/mol. The summed E-state index contributed by atoms with van der Waals surface area (Å²) >= 11 is 0. The highest BCUT2D eigenvalue weighted by Crippen LogP contribution is 2.24. The van der Waals surface area contributed by atoms with Gasteiger partial charge in [0.1, 0.15) is 0 Å². The van der Waals surface area contributed by atoms with Gasteiger partial charge in [-0.25, -0.2) is 0 Å². The van der Waals surface area contributed by atoms with Crippen molar-refractivity contribution in [3.8, 4) is 0 Å². The lowest BCUT2D eigenvalue weighted by molar-refractivity contribution is -0.157. The summed E-state index contributed by atoms with van der Waals surface area (Å²) < 4.78 is 0. The number of aliphatic hydroxyl groups is 1. The quantitative estimate of drug-likeness (QED) is 0.611. The van der Waals surface area contributed by atoms with Crippen molar-refractivity contribution in [2.45, 2.75) is 51.7 Å². The van der Waals surface area contributed by atoms with Crippen molar-refractivity contribution in [2.24, 2.45) is 0 Å². The molecule has 3 N–H and O–H groups in total. The molecule has 144 valence electrons. The van der Waals surface area contributed by atoms with Gasteiger partial charge < -0.3 is 20.6 Å². The molecular formula is C20H31N3O3. The van der Waals surface area contributed by atoms with Crippen molar-refractivity contribution in [2.75, 3.05) is 26.2 Å². The van der Waals surface area contributed by atoms with E-state index in [1.54, 1.807) is 4.90 Å². The molecule has 0 spiro atoms. The highest BCUT2D eigenvalue weighted by atomic mass is 16.3. The van der Waals surface area contributed by atoms with E-state index in [2.05, 4.69) is 48.7 Å². The Morgan fingerprint density at radius 2 is 1.96 bits per heavy atom. The molecular weight excluding hydrogens is 330 g/mol. The van der Waals surface area contributed by atoms with E-state index in [1.165, 1.54) is 12.5 Å². The van der Waals surface area contributed by atoms with Gasteiger partial charge >= 0.3 is 0 Å². The Labute approximate surface area is 156 Å². The zero-order chi connectivity index (χ0) is 19.2. The van der Waals surface area contributed by atoms with Gasteiger partial charge in [-0.3, -0.25) is 9.59 Å². The van der Waals surface area contributed by atoms with Crippen LogP contribution in [0, 0.1) is 0 Å². The maximum absolute atomic E-state index is 12.8. The predicted molar refractivity (Wildman–Crippen MR) is 102 cm³/mol. The molecule has 6 nitrogen and oxygen atoms in total. The van der Waals surface area contributed by atoms with Gasteiger partial charge in [-0.05, 0) is 29.9 Å². The van der Waals surface area contributed by atoms with Crippen LogP contribution in [-0.4, -0.2) is 53.6 Å². The fourth-order valence-electron chi connectivity index (χ4n) is 3.23. The van der Waals surface area contributed by atoms with E-state index in [0.29, 0.717) is 38.5 Å². The van der Waals surface area contributed by atoms with Crippen LogP contribution in [0.4, 0.5) is 0 Å². The lowest BCUT2D eigenvalue weighted by atomic mass is 9.91. The second-order valence-electron chi connectivity index (χ2n) is 7.42. The van der Waals surface area contributed by atoms with Gasteiger partial charge in [0.05, 0.1) is 0 Å². The fourth-order valence-corrected chi connectivity index (χ4v) is 3.23. The summed E-state index contributed by atoms with van der Waals surface area (Å²) in [5.41, 5.74) is 0.982. The number of nitrogens with one attached hydrogen (secondary N) is 2. The maximum Gasteiger partial charge on any atom is 0.256 e. The van der Waals surface area contributed by atoms with Crippen LogP contribution in [-0.2, 0) is 16.1 Å². The molecule has 0 aliphatic carbocycles. The maximum atomic E-state index is 12.8. The Morgan fingerprint density at radius 3 is 2.58 bits per heavy atom. The lowest BCUT2D eigenvalue weighted by Gasteiger charge is -2.38. The van der Waals surface area contributed by atoms with Gasteiger partial charge in [0.2, 0.25) is 5.91 Å². The molecule has 0 saturated carbocycles. The highest BCUT2D eigenvalue weighted by Gasteiger charge is 2.41. The van der Waals surface area contributed by atoms with Crippen LogP contribution in [0.15, 0.2) is 24.3 Å². The Bertz CT molecular complexity index is 615. The predicted octanol–water partition coefficient (Wildman–Crippen LogP) is 1.39. The number of carbonyl (C=O) groups excluding carboxylic acids is 2. The molecule has 1 aromatic rings. The Kier molecular flexibility index (Phi) is 7.17. The molecule has 1 aromatic carbocycles. The smallest absolute Gasteiger partial charge is 0.256 e. The van der Waals surface area contributed by atoms with E-state index in [9.17, 15) is 14.7 Å². The molecule has 0 aromatic heterocycles. The number of nitrogens with zero attached hydrogens (tertiary/aromatic N) is 1. The summed E-state index contributed by atoms with van der Waals surface area (Å²) in [5.74, 6) is 0.173. The second-order valence-corrected chi connectivity index (χ2v) is 7.42. The largest absolute Gasteiger partial charge is 0.379 e. The third-order valence-electron chi connectivity index (χ3n) is 4.82. The van der Waals surface area contributed by atoms with E-state index < -0.39 is 5.60 Å². The Hall–Kier alpha value is -1.92. The minimum absolute atomic E-state index is 0.0890. The van der Waals surface area contributed by atoms with Gasteiger partial charge in [-0.1, -0.05) is 38.1 Å². The van der Waals surface area contributed by atoms with Crippen molar-refractivity contribution < 1.29 is 14.7 Å². The number of hydrogen-bond donors (Lipinski definition) is 3. The molecule has 26 heavy (non-hydrogen) atoms. The zero-order valence-corrected chi connectivity index (χ0v) is 16.0. The van der Waals surface area contributed by atoms with Gasteiger partial charge in [0.15, 0.2) is 5.60 Å². The number of piperidine rings is 1. The van der Waals surface area contributed by atoms with Crippen molar-refractivity contribution >= 4 is 11.8 Å². The van der Waals surface area contributed by atoms with Crippen molar-refractivity contribution in [3.05, 3.63) is 35.4 Å². The topological polar surface area (TPSA) is 81.7 Å². The zero-order valence-electron chi connectivity index (χ0n) is 16.0. The molecule has 2 amide bonds. The summed E-state index contributed by atoms with van der Waals surface area (Å²) in [6.07, 6.45) is 1.24. The molecule has 1 atom stereocenters. The van der Waals surface area contributed by atoms with E-state index in [-0.39, 0.29) is 18.4 Å². The van der Waals surface area contributed by atoms with Crippen LogP contribution in [0.2, 0.25) is 0 Å². The van der Waals surface area contributed by atoms with Crippen LogP contribution in [0.1, 0.15) is 50.7 Å². The molecule has 2 rings (SSSR count). The van der Waals surface area contributed by atoms with Gasteiger partial charge in [-0.15, -0.1) is 0 Å². The minimum Gasteiger partial charge on any atom is -0.379 e. The summed E-state index contributed by atoms with van der Waals surface area (Å²) in [6.45, 7) is 8.16. The SMILES string of the molecule is CC(=O)NCCNC[C@@]1(O)CCCN(Cc2ccc(C(C)C)cc2)C1=O. The first kappa shape index (κ1) is 20.4. The van der Waals surface area contributed by atoms with E-state index in [4.69, 9.17) is 0 Å². The first-order valence-electron chi connectivity index (χ1n) is 9.37. The molecule has 0 radical (unpaired) electrons. The number of carbonyl (C=O) groups is 2. The molecule has 0 bridgehead atoms. The van der Waals surface area contributed by atoms with Crippen LogP contribution in [0.5, 0.6) is 0 Å². The third-order valence-corrected chi connectivity index (χ3v) is 4.82. The van der Waals surface area contributed by atoms with Crippen molar-refractivity contribution in [1.82, 2.24) is 15.5 Å². The molecule has 0 unspecified atom stereocenters. The molecule has 1 aliphatic rings. The number of amides is 2. The van der Waals surface area contributed by atoms with Crippen LogP contribution >= 0.6 is 0 Å². The number of likely N-dealkylation sites (tertiary alicyclic amines) is 1.